The van der Waals surface area contributed by atoms with Crippen LogP contribution in [-0.2, 0) is 13.5 Å². The van der Waals surface area contributed by atoms with Crippen LogP contribution in [0.25, 0.3) is 0 Å². The number of nitrogens with one attached hydrogen (secondary N) is 1. The molecule has 0 saturated heterocycles. The third kappa shape index (κ3) is 4.76. The fourth-order valence-corrected chi connectivity index (χ4v) is 2.47. The second-order valence-corrected chi connectivity index (χ2v) is 6.49. The molecule has 0 fully saturated rings. The molecule has 120 valence electrons. The number of aromatic nitrogens is 2. The van der Waals surface area contributed by atoms with Crippen molar-refractivity contribution in [2.75, 3.05) is 12.3 Å². The van der Waals surface area contributed by atoms with Gasteiger partial charge in [-0.15, -0.1) is 0 Å². The molecule has 0 aliphatic heterocycles. The van der Waals surface area contributed by atoms with Gasteiger partial charge in [-0.1, -0.05) is 47.0 Å². The molecule has 1 amide bonds. The van der Waals surface area contributed by atoms with Crippen LogP contribution in [0.4, 0.5) is 5.69 Å². The van der Waals surface area contributed by atoms with Gasteiger partial charge in [0.05, 0.1) is 11.4 Å². The van der Waals surface area contributed by atoms with Crippen molar-refractivity contribution in [3.63, 3.8) is 0 Å². The number of hydrogen-bond donors (Lipinski definition) is 2. The van der Waals surface area contributed by atoms with Gasteiger partial charge in [0, 0.05) is 13.6 Å². The molecule has 0 aliphatic carbocycles. The van der Waals surface area contributed by atoms with E-state index < -0.39 is 0 Å². The Morgan fingerprint density at radius 1 is 1.33 bits per heavy atom. The summed E-state index contributed by atoms with van der Waals surface area (Å²) in [7, 11) is 1.76. The highest BCUT2D eigenvalue weighted by molar-refractivity contribution is 5.98. The second kappa shape index (κ2) is 7.48. The Morgan fingerprint density at radius 2 is 2.00 bits per heavy atom. The minimum atomic E-state index is -0.134. The fourth-order valence-electron chi connectivity index (χ4n) is 2.47. The molecule has 1 aromatic rings. The topological polar surface area (TPSA) is 72.9 Å². The summed E-state index contributed by atoms with van der Waals surface area (Å²) in [6, 6.07) is 0. The number of carbonyl (C=O) groups excluding carboxylic acids is 1. The monoisotopic (exact) mass is 294 g/mol. The van der Waals surface area contributed by atoms with Gasteiger partial charge in [0.15, 0.2) is 0 Å². The lowest BCUT2D eigenvalue weighted by Crippen LogP contribution is -2.35. The number of carbonyl (C=O) groups is 1. The highest BCUT2D eigenvalue weighted by atomic mass is 16.2. The Bertz CT molecular complexity index is 477. The largest absolute Gasteiger partial charge is 0.395 e. The Kier molecular flexibility index (Phi) is 6.24. The molecule has 0 bridgehead atoms. The first-order valence-electron chi connectivity index (χ1n) is 7.92. The van der Waals surface area contributed by atoms with E-state index >= 15 is 0 Å². The molecule has 3 N–H and O–H groups in total. The smallest absolute Gasteiger partial charge is 0.271 e. The molecule has 21 heavy (non-hydrogen) atoms. The van der Waals surface area contributed by atoms with E-state index in [0.717, 1.165) is 18.5 Å². The van der Waals surface area contributed by atoms with Crippen LogP contribution in [-0.4, -0.2) is 22.2 Å². The summed E-state index contributed by atoms with van der Waals surface area (Å²) in [4.78, 5) is 12.3. The average molecular weight is 294 g/mol. The van der Waals surface area contributed by atoms with Crippen LogP contribution >= 0.6 is 0 Å². The Balaban J connectivity index is 2.63. The van der Waals surface area contributed by atoms with Crippen molar-refractivity contribution in [3.05, 3.63) is 11.4 Å². The average Bonchev–Trinajstić information content (AvgIpc) is 2.71. The summed E-state index contributed by atoms with van der Waals surface area (Å²) in [6.45, 7) is 9.21. The predicted molar refractivity (Wildman–Crippen MR) is 87.3 cm³/mol. The predicted octanol–water partition coefficient (Wildman–Crippen LogP) is 2.90. The molecule has 1 rings (SSSR count). The van der Waals surface area contributed by atoms with Crippen molar-refractivity contribution in [1.29, 1.82) is 0 Å². The van der Waals surface area contributed by atoms with E-state index in [1.165, 1.54) is 19.3 Å². The van der Waals surface area contributed by atoms with Crippen LogP contribution in [0.15, 0.2) is 0 Å². The Hall–Kier alpha value is -1.52. The zero-order valence-electron chi connectivity index (χ0n) is 14.1. The first kappa shape index (κ1) is 17.5. The lowest BCUT2D eigenvalue weighted by atomic mass is 9.87. The standard InChI is InChI=1S/C16H30N4O/c1-6-8-9-10-16(3,4)11-18-15(21)14-13(17)12(7-2)19-20(14)5/h6-11,17H2,1-5H3,(H,18,21). The summed E-state index contributed by atoms with van der Waals surface area (Å²) < 4.78 is 1.58. The highest BCUT2D eigenvalue weighted by Gasteiger charge is 2.22. The molecule has 0 spiro atoms. The maximum atomic E-state index is 12.3. The van der Waals surface area contributed by atoms with E-state index in [9.17, 15) is 4.79 Å². The third-order valence-electron chi connectivity index (χ3n) is 3.89. The van der Waals surface area contributed by atoms with Crippen LogP contribution in [0.2, 0.25) is 0 Å². The zero-order valence-corrected chi connectivity index (χ0v) is 14.1. The van der Waals surface area contributed by atoms with Crippen molar-refractivity contribution < 1.29 is 4.79 Å². The van der Waals surface area contributed by atoms with E-state index in [2.05, 4.69) is 31.2 Å². The molecule has 1 aromatic heterocycles. The lowest BCUT2D eigenvalue weighted by Gasteiger charge is -2.25. The number of nitrogens with zero attached hydrogens (tertiary/aromatic N) is 2. The van der Waals surface area contributed by atoms with Crippen molar-refractivity contribution in [2.24, 2.45) is 12.5 Å². The van der Waals surface area contributed by atoms with Crippen LogP contribution in [0, 0.1) is 5.41 Å². The van der Waals surface area contributed by atoms with E-state index in [1.54, 1.807) is 11.7 Å². The second-order valence-electron chi connectivity index (χ2n) is 6.49. The number of hydrogen-bond acceptors (Lipinski definition) is 3. The molecule has 5 nitrogen and oxygen atoms in total. The summed E-state index contributed by atoms with van der Waals surface area (Å²) in [6.07, 6.45) is 5.50. The maximum Gasteiger partial charge on any atom is 0.271 e. The normalized spacial score (nSPS) is 11.7. The van der Waals surface area contributed by atoms with Gasteiger partial charge in [-0.05, 0) is 18.3 Å². The Morgan fingerprint density at radius 3 is 2.52 bits per heavy atom. The van der Waals surface area contributed by atoms with Gasteiger partial charge >= 0.3 is 0 Å². The van der Waals surface area contributed by atoms with E-state index in [1.807, 2.05) is 6.92 Å². The minimum absolute atomic E-state index is 0.103. The highest BCUT2D eigenvalue weighted by Crippen LogP contribution is 2.23. The SMILES string of the molecule is CCCCCC(C)(C)CNC(=O)c1c(N)c(CC)nn1C. The zero-order chi connectivity index (χ0) is 16.0. The van der Waals surface area contributed by atoms with Crippen LogP contribution in [0.3, 0.4) is 0 Å². The minimum Gasteiger partial charge on any atom is -0.395 e. The van der Waals surface area contributed by atoms with Crippen molar-refractivity contribution >= 4 is 11.6 Å². The first-order chi connectivity index (χ1) is 9.82. The number of rotatable bonds is 8. The summed E-state index contributed by atoms with van der Waals surface area (Å²) >= 11 is 0. The number of unbranched alkanes of at least 4 members (excludes halogenated alkanes) is 2. The number of anilines is 1. The summed E-state index contributed by atoms with van der Waals surface area (Å²) in [5.41, 5.74) is 7.86. The van der Waals surface area contributed by atoms with Crippen molar-refractivity contribution in [1.82, 2.24) is 15.1 Å². The van der Waals surface area contributed by atoms with Gasteiger partial charge in [-0.2, -0.15) is 5.10 Å². The molecule has 0 atom stereocenters. The number of amides is 1. The first-order valence-corrected chi connectivity index (χ1v) is 7.92. The molecule has 5 heteroatoms. The van der Waals surface area contributed by atoms with Crippen molar-refractivity contribution in [2.45, 2.75) is 59.8 Å². The summed E-state index contributed by atoms with van der Waals surface area (Å²) in [5, 5.41) is 7.29. The molecule has 0 aromatic carbocycles. The molecule has 0 unspecified atom stereocenters. The molecular weight excluding hydrogens is 264 g/mol. The van der Waals surface area contributed by atoms with E-state index in [0.29, 0.717) is 17.9 Å². The maximum absolute atomic E-state index is 12.3. The van der Waals surface area contributed by atoms with Gasteiger partial charge in [-0.3, -0.25) is 9.48 Å². The lowest BCUT2D eigenvalue weighted by molar-refractivity contribution is 0.0925. The van der Waals surface area contributed by atoms with Crippen LogP contribution in [0.1, 0.15) is 69.6 Å². The summed E-state index contributed by atoms with van der Waals surface area (Å²) in [5.74, 6) is -0.134. The van der Waals surface area contributed by atoms with Gasteiger partial charge in [0.25, 0.3) is 5.91 Å². The quantitative estimate of drug-likeness (QED) is 0.724. The van der Waals surface area contributed by atoms with Crippen LogP contribution < -0.4 is 11.1 Å². The molecule has 0 radical (unpaired) electrons. The van der Waals surface area contributed by atoms with Gasteiger partial charge in [-0.25, -0.2) is 0 Å². The van der Waals surface area contributed by atoms with Gasteiger partial charge < -0.3 is 11.1 Å². The molecule has 0 saturated carbocycles. The van der Waals surface area contributed by atoms with E-state index in [4.69, 9.17) is 5.73 Å². The molecule has 1 heterocycles. The third-order valence-corrected chi connectivity index (χ3v) is 3.89. The molecular formula is C16H30N4O. The molecule has 0 aliphatic rings. The van der Waals surface area contributed by atoms with Crippen molar-refractivity contribution in [3.8, 4) is 0 Å². The van der Waals surface area contributed by atoms with Gasteiger partial charge in [0.1, 0.15) is 5.69 Å². The van der Waals surface area contributed by atoms with Crippen LogP contribution in [0.5, 0.6) is 0 Å². The van der Waals surface area contributed by atoms with E-state index in [-0.39, 0.29) is 11.3 Å². The number of nitrogen functional groups attached to an aromatic ring is 1. The Labute approximate surface area is 128 Å². The number of nitrogens with two attached hydrogens (primary N) is 1. The number of aryl methyl sites for hydroxylation is 2. The van der Waals surface area contributed by atoms with Gasteiger partial charge in [0.2, 0.25) is 0 Å². The fraction of sp³-hybridized carbons (Fsp3) is 0.750.